The predicted molar refractivity (Wildman–Crippen MR) is 60.4 cm³/mol. The number of rotatable bonds is 1. The molecular weight excluding hydrogens is 263 g/mol. The van der Waals surface area contributed by atoms with Crippen molar-refractivity contribution in [3.63, 3.8) is 0 Å². The van der Waals surface area contributed by atoms with Gasteiger partial charge in [0.15, 0.2) is 23.6 Å². The van der Waals surface area contributed by atoms with Crippen LogP contribution < -0.4 is 0 Å². The monoisotopic (exact) mass is 271 g/mol. The first kappa shape index (κ1) is 11.5. The van der Waals surface area contributed by atoms with Gasteiger partial charge in [-0.15, -0.1) is 0 Å². The third-order valence-electron chi connectivity index (χ3n) is 3.04. The number of fused-ring (bicyclic) bond motifs is 1. The molecule has 7 heteroatoms. The number of H-pyrrole nitrogens is 1. The van der Waals surface area contributed by atoms with Gasteiger partial charge in [0.2, 0.25) is 4.77 Å². The van der Waals surface area contributed by atoms with E-state index in [1.54, 1.807) is 0 Å². The summed E-state index contributed by atoms with van der Waals surface area (Å²) in [5.41, 5.74) is 0.0973. The zero-order valence-electron chi connectivity index (χ0n) is 9.03. The maximum absolute atomic E-state index is 13.7. The smallest absolute Gasteiger partial charge is 0.213 e. The zero-order valence-corrected chi connectivity index (χ0v) is 9.85. The highest BCUT2D eigenvalue weighted by atomic mass is 32.1. The van der Waals surface area contributed by atoms with Crippen LogP contribution in [0.1, 0.15) is 30.0 Å². The number of hydrogen-bond acceptors (Lipinski definition) is 2. The van der Waals surface area contributed by atoms with Gasteiger partial charge in [0.25, 0.3) is 0 Å². The summed E-state index contributed by atoms with van der Waals surface area (Å²) in [6, 6.07) is 3.21. The molecule has 1 N–H and O–H groups in total. The standard InChI is InChI=1S/C11H8F3N3S/c12-6-3-1-2-5(9(6)14)8-4-7(13)10-15-11(18)16-17(8)10/h1-3,7-8H,4H2,(H,16,18). The average molecular weight is 271 g/mol. The van der Waals surface area contributed by atoms with Gasteiger partial charge in [-0.05, 0) is 18.3 Å². The first-order valence-corrected chi connectivity index (χ1v) is 5.75. The Hall–Kier alpha value is -1.63. The number of halogens is 3. The van der Waals surface area contributed by atoms with E-state index in [1.807, 2.05) is 0 Å². The van der Waals surface area contributed by atoms with Crippen LogP contribution in [0.3, 0.4) is 0 Å². The molecule has 2 unspecified atom stereocenters. The summed E-state index contributed by atoms with van der Waals surface area (Å²) in [6.07, 6.45) is -1.31. The highest BCUT2D eigenvalue weighted by molar-refractivity contribution is 7.71. The molecule has 0 radical (unpaired) electrons. The lowest BCUT2D eigenvalue weighted by atomic mass is 10.0. The van der Waals surface area contributed by atoms with E-state index in [-0.39, 0.29) is 22.6 Å². The van der Waals surface area contributed by atoms with Crippen LogP contribution in [0, 0.1) is 16.4 Å². The average Bonchev–Trinajstić information content (AvgIpc) is 2.83. The van der Waals surface area contributed by atoms with Crippen molar-refractivity contribution in [2.45, 2.75) is 18.6 Å². The summed E-state index contributed by atoms with van der Waals surface area (Å²) in [6.45, 7) is 0. The van der Waals surface area contributed by atoms with Gasteiger partial charge in [0.1, 0.15) is 0 Å². The Morgan fingerprint density at radius 2 is 2.17 bits per heavy atom. The Morgan fingerprint density at radius 3 is 2.94 bits per heavy atom. The van der Waals surface area contributed by atoms with Crippen molar-refractivity contribution in [2.75, 3.05) is 0 Å². The molecule has 2 atom stereocenters. The summed E-state index contributed by atoms with van der Waals surface area (Å²) in [5.74, 6) is -1.78. The molecule has 3 rings (SSSR count). The Morgan fingerprint density at radius 1 is 1.39 bits per heavy atom. The SMILES string of the molecule is Fc1cccc(C2CC(F)c3nc(=S)[nH]n32)c1F. The van der Waals surface area contributed by atoms with Crippen LogP contribution in [-0.4, -0.2) is 14.8 Å². The first-order valence-electron chi connectivity index (χ1n) is 5.34. The van der Waals surface area contributed by atoms with Gasteiger partial charge in [0, 0.05) is 12.0 Å². The molecule has 1 aromatic carbocycles. The van der Waals surface area contributed by atoms with E-state index >= 15 is 0 Å². The number of aromatic amines is 1. The lowest BCUT2D eigenvalue weighted by molar-refractivity contribution is 0.326. The van der Waals surface area contributed by atoms with E-state index in [1.165, 1.54) is 16.8 Å². The highest BCUT2D eigenvalue weighted by Crippen LogP contribution is 2.39. The number of nitrogens with one attached hydrogen (secondary N) is 1. The quantitative estimate of drug-likeness (QED) is 0.808. The van der Waals surface area contributed by atoms with E-state index < -0.39 is 23.8 Å². The van der Waals surface area contributed by atoms with Crippen molar-refractivity contribution in [3.05, 3.63) is 46.0 Å². The number of hydrogen-bond donors (Lipinski definition) is 1. The van der Waals surface area contributed by atoms with Crippen molar-refractivity contribution in [1.82, 2.24) is 14.8 Å². The van der Waals surface area contributed by atoms with E-state index in [2.05, 4.69) is 10.1 Å². The van der Waals surface area contributed by atoms with Gasteiger partial charge in [0.05, 0.1) is 6.04 Å². The summed E-state index contributed by atoms with van der Waals surface area (Å²) in [7, 11) is 0. The molecule has 2 aromatic rings. The molecule has 0 bridgehead atoms. The Balaban J connectivity index is 2.14. The van der Waals surface area contributed by atoms with E-state index in [0.717, 1.165) is 6.07 Å². The molecule has 1 aliphatic heterocycles. The summed E-state index contributed by atoms with van der Waals surface area (Å²) < 4.78 is 42.1. The van der Waals surface area contributed by atoms with E-state index in [0.29, 0.717) is 0 Å². The third kappa shape index (κ3) is 1.58. The number of benzene rings is 1. The van der Waals surface area contributed by atoms with Crippen LogP contribution in [0.2, 0.25) is 0 Å². The van der Waals surface area contributed by atoms with Crippen LogP contribution in [-0.2, 0) is 0 Å². The minimum absolute atomic E-state index is 0.0226. The second-order valence-electron chi connectivity index (χ2n) is 4.12. The molecule has 3 nitrogen and oxygen atoms in total. The molecule has 0 amide bonds. The maximum atomic E-state index is 13.7. The van der Waals surface area contributed by atoms with Gasteiger partial charge in [-0.1, -0.05) is 12.1 Å². The van der Waals surface area contributed by atoms with Crippen molar-refractivity contribution in [1.29, 1.82) is 0 Å². The number of aromatic nitrogens is 3. The Bertz CT molecular complexity index is 664. The zero-order chi connectivity index (χ0) is 12.9. The minimum atomic E-state index is -1.33. The van der Waals surface area contributed by atoms with E-state index in [9.17, 15) is 13.2 Å². The van der Waals surface area contributed by atoms with Crippen molar-refractivity contribution < 1.29 is 13.2 Å². The van der Waals surface area contributed by atoms with E-state index in [4.69, 9.17) is 12.2 Å². The molecule has 1 aliphatic rings. The Labute approximate surface area is 105 Å². The van der Waals surface area contributed by atoms with Crippen LogP contribution in [0.25, 0.3) is 0 Å². The molecule has 18 heavy (non-hydrogen) atoms. The molecule has 0 aliphatic carbocycles. The summed E-state index contributed by atoms with van der Waals surface area (Å²) in [4.78, 5) is 3.83. The fraction of sp³-hybridized carbons (Fsp3) is 0.273. The van der Waals surface area contributed by atoms with Crippen molar-refractivity contribution in [2.24, 2.45) is 0 Å². The third-order valence-corrected chi connectivity index (χ3v) is 3.22. The molecule has 0 saturated carbocycles. The summed E-state index contributed by atoms with van der Waals surface area (Å²) in [5, 5.41) is 2.67. The van der Waals surface area contributed by atoms with Crippen molar-refractivity contribution in [3.8, 4) is 0 Å². The van der Waals surface area contributed by atoms with Gasteiger partial charge >= 0.3 is 0 Å². The minimum Gasteiger partial charge on any atom is -0.270 e. The van der Waals surface area contributed by atoms with Crippen molar-refractivity contribution >= 4 is 12.2 Å². The molecule has 0 spiro atoms. The maximum Gasteiger partial charge on any atom is 0.213 e. The largest absolute Gasteiger partial charge is 0.270 e. The van der Waals surface area contributed by atoms with Crippen LogP contribution in [0.5, 0.6) is 0 Å². The lowest BCUT2D eigenvalue weighted by Crippen LogP contribution is -2.10. The van der Waals surface area contributed by atoms with Gasteiger partial charge < -0.3 is 0 Å². The first-order chi connectivity index (χ1) is 8.58. The normalized spacial score (nSPS) is 22.2. The second kappa shape index (κ2) is 3.94. The molecule has 0 saturated heterocycles. The topological polar surface area (TPSA) is 33.6 Å². The predicted octanol–water partition coefficient (Wildman–Crippen LogP) is 3.22. The van der Waals surface area contributed by atoms with Gasteiger partial charge in [-0.25, -0.2) is 18.2 Å². The van der Waals surface area contributed by atoms with Crippen LogP contribution in [0.15, 0.2) is 18.2 Å². The molecule has 0 fully saturated rings. The molecule has 94 valence electrons. The fourth-order valence-corrected chi connectivity index (χ4v) is 2.44. The number of alkyl halides is 1. The van der Waals surface area contributed by atoms with Crippen LogP contribution in [0.4, 0.5) is 13.2 Å². The summed E-state index contributed by atoms with van der Waals surface area (Å²) >= 11 is 4.81. The molecular formula is C11H8F3N3S. The second-order valence-corrected chi connectivity index (χ2v) is 4.51. The fourth-order valence-electron chi connectivity index (χ4n) is 2.25. The van der Waals surface area contributed by atoms with Crippen LogP contribution >= 0.6 is 12.2 Å². The number of nitrogens with zero attached hydrogens (tertiary/aromatic N) is 2. The molecule has 2 heterocycles. The highest BCUT2D eigenvalue weighted by Gasteiger charge is 2.35. The van der Waals surface area contributed by atoms with Gasteiger partial charge in [-0.2, -0.15) is 0 Å². The lowest BCUT2D eigenvalue weighted by Gasteiger charge is -2.13. The van der Waals surface area contributed by atoms with Gasteiger partial charge in [-0.3, -0.25) is 9.78 Å². The Kier molecular flexibility index (Phi) is 2.51. The molecule has 1 aromatic heterocycles.